The van der Waals surface area contributed by atoms with Gasteiger partial charge in [-0.05, 0) is 24.8 Å². The molecule has 39 heavy (non-hydrogen) atoms. The van der Waals surface area contributed by atoms with Gasteiger partial charge in [-0.15, -0.1) is 0 Å². The number of hydrogen-bond donors (Lipinski definition) is 5. The van der Waals surface area contributed by atoms with E-state index in [0.29, 0.717) is 38.6 Å². The first-order valence-corrected chi connectivity index (χ1v) is 12.4. The molecular formula is C26H35N5O8. The first-order valence-electron chi connectivity index (χ1n) is 12.4. The number of carboxylic acid groups (broad SMARTS) is 1. The van der Waals surface area contributed by atoms with Crippen molar-refractivity contribution in [3.05, 3.63) is 48.0 Å². The van der Waals surface area contributed by atoms with E-state index in [2.05, 4.69) is 21.3 Å². The van der Waals surface area contributed by atoms with Crippen LogP contribution in [0, 0.1) is 0 Å². The second-order valence-corrected chi connectivity index (χ2v) is 8.35. The molecule has 212 valence electrons. The number of nitrogens with one attached hydrogen (secondary N) is 4. The Morgan fingerprint density at radius 3 is 1.90 bits per heavy atom. The number of rotatable bonds is 15. The predicted octanol–water partition coefficient (Wildman–Crippen LogP) is -0.730. The minimum atomic E-state index is -1.02. The number of nitrogens with zero attached hydrogens (tertiary/aromatic N) is 1. The molecule has 0 radical (unpaired) electrons. The Morgan fingerprint density at radius 2 is 1.28 bits per heavy atom. The molecule has 0 saturated carbocycles. The second-order valence-electron chi connectivity index (χ2n) is 8.35. The average molecular weight is 546 g/mol. The molecule has 0 fully saturated rings. The fourth-order valence-corrected chi connectivity index (χ4v) is 3.15. The van der Waals surface area contributed by atoms with Gasteiger partial charge in [-0.2, -0.15) is 0 Å². The van der Waals surface area contributed by atoms with Crippen LogP contribution in [0.25, 0.3) is 0 Å². The van der Waals surface area contributed by atoms with E-state index < -0.39 is 11.9 Å². The summed E-state index contributed by atoms with van der Waals surface area (Å²) in [5.41, 5.74) is 1.07. The van der Waals surface area contributed by atoms with Crippen molar-refractivity contribution in [1.29, 1.82) is 0 Å². The number of amides is 6. The zero-order valence-corrected chi connectivity index (χ0v) is 21.9. The number of aryl methyl sites for hydroxylation is 1. The number of imide groups is 1. The summed E-state index contributed by atoms with van der Waals surface area (Å²) >= 11 is 0. The van der Waals surface area contributed by atoms with Crippen LogP contribution in [0.4, 0.5) is 0 Å². The summed E-state index contributed by atoms with van der Waals surface area (Å²) < 4.78 is 0. The molecule has 0 aliphatic carbocycles. The molecule has 0 spiro atoms. The minimum Gasteiger partial charge on any atom is -0.480 e. The van der Waals surface area contributed by atoms with Gasteiger partial charge >= 0.3 is 5.97 Å². The van der Waals surface area contributed by atoms with Crippen LogP contribution in [0.1, 0.15) is 37.7 Å². The van der Waals surface area contributed by atoms with Gasteiger partial charge in [0, 0.05) is 38.6 Å². The number of carbonyl (C=O) groups excluding carboxylic acids is 6. The van der Waals surface area contributed by atoms with Crippen molar-refractivity contribution in [2.75, 3.05) is 33.2 Å². The Morgan fingerprint density at radius 1 is 0.718 bits per heavy atom. The highest BCUT2D eigenvalue weighted by atomic mass is 16.4. The summed E-state index contributed by atoms with van der Waals surface area (Å²) in [6.45, 7) is -0.284. The third kappa shape index (κ3) is 15.3. The molecule has 13 heteroatoms. The Labute approximate surface area is 226 Å². The third-order valence-corrected chi connectivity index (χ3v) is 5.28. The zero-order valence-electron chi connectivity index (χ0n) is 21.9. The van der Waals surface area contributed by atoms with Gasteiger partial charge in [0.25, 0.3) is 11.8 Å². The molecule has 2 rings (SSSR count). The van der Waals surface area contributed by atoms with Crippen molar-refractivity contribution in [1.82, 2.24) is 26.2 Å². The van der Waals surface area contributed by atoms with Gasteiger partial charge in [-0.1, -0.05) is 36.8 Å². The van der Waals surface area contributed by atoms with Gasteiger partial charge < -0.3 is 26.4 Å². The summed E-state index contributed by atoms with van der Waals surface area (Å²) in [4.78, 5) is 79.0. The maximum absolute atomic E-state index is 11.6. The van der Waals surface area contributed by atoms with E-state index in [9.17, 15) is 33.6 Å². The summed E-state index contributed by atoms with van der Waals surface area (Å²) in [6, 6.07) is 9.60. The van der Waals surface area contributed by atoms with E-state index in [0.717, 1.165) is 10.5 Å². The highest BCUT2D eigenvalue weighted by Gasteiger charge is 2.22. The molecule has 1 aromatic rings. The predicted molar refractivity (Wildman–Crippen MR) is 140 cm³/mol. The number of unbranched alkanes of at least 4 members (excludes halogenated alkanes) is 2. The number of hydrogen-bond acceptors (Lipinski definition) is 7. The Bertz CT molecular complexity index is 1020. The Kier molecular flexibility index (Phi) is 15.5. The van der Waals surface area contributed by atoms with Gasteiger partial charge in [0.15, 0.2) is 0 Å². The number of aliphatic carboxylic acids is 1. The van der Waals surface area contributed by atoms with Crippen molar-refractivity contribution in [3.63, 3.8) is 0 Å². The highest BCUT2D eigenvalue weighted by Crippen LogP contribution is 2.07. The van der Waals surface area contributed by atoms with Crippen LogP contribution in [-0.4, -0.2) is 84.6 Å². The summed E-state index contributed by atoms with van der Waals surface area (Å²) in [6.07, 6.45) is 5.59. The molecule has 6 amide bonds. The standard InChI is InChI=1S/C15H22N4O5.C11H13NO3/c1-16-12(21)9-18-13(22)10-17-11(20)5-3-2-4-8-19-14(23)6-7-15(19)24;13-10(12-8-11(14)15)7-6-9-4-2-1-3-5-9/h6-7H,2-5,8-10H2,1H3,(H,16,21)(H,17,20)(H,18,22);1-5H,6-8H2,(H,12,13)(H,14,15). The first kappa shape index (κ1) is 32.5. The smallest absolute Gasteiger partial charge is 0.322 e. The molecule has 0 bridgehead atoms. The van der Waals surface area contributed by atoms with Gasteiger partial charge in [0.2, 0.25) is 23.6 Å². The quantitative estimate of drug-likeness (QED) is 0.141. The van der Waals surface area contributed by atoms with Crippen molar-refractivity contribution >= 4 is 41.4 Å². The molecule has 1 aromatic carbocycles. The van der Waals surface area contributed by atoms with Gasteiger partial charge in [0.05, 0.1) is 13.1 Å². The van der Waals surface area contributed by atoms with Crippen LogP contribution in [-0.2, 0) is 40.0 Å². The van der Waals surface area contributed by atoms with E-state index in [1.54, 1.807) is 0 Å². The number of likely N-dealkylation sites (N-methyl/N-ethyl adjacent to an activating group) is 1. The lowest BCUT2D eigenvalue weighted by Crippen LogP contribution is -2.41. The first-order chi connectivity index (χ1) is 18.6. The topological polar surface area (TPSA) is 191 Å². The summed E-state index contributed by atoms with van der Waals surface area (Å²) in [7, 11) is 1.46. The van der Waals surface area contributed by atoms with E-state index in [1.807, 2.05) is 30.3 Å². The number of carbonyl (C=O) groups is 7. The molecular weight excluding hydrogens is 510 g/mol. The lowest BCUT2D eigenvalue weighted by molar-refractivity contribution is -0.138. The zero-order chi connectivity index (χ0) is 29.0. The third-order valence-electron chi connectivity index (χ3n) is 5.28. The lowest BCUT2D eigenvalue weighted by atomic mass is 10.1. The van der Waals surface area contributed by atoms with Crippen molar-refractivity contribution in [2.45, 2.75) is 38.5 Å². The maximum atomic E-state index is 11.6. The van der Waals surface area contributed by atoms with Crippen molar-refractivity contribution < 1.29 is 38.7 Å². The van der Waals surface area contributed by atoms with Crippen LogP contribution in [0.15, 0.2) is 42.5 Å². The lowest BCUT2D eigenvalue weighted by Gasteiger charge is -2.13. The molecule has 1 aliphatic rings. The fraction of sp³-hybridized carbons (Fsp3) is 0.423. The number of benzene rings is 1. The summed E-state index contributed by atoms with van der Waals surface area (Å²) in [5, 5.41) is 17.8. The van der Waals surface area contributed by atoms with E-state index in [4.69, 9.17) is 5.11 Å². The Balaban J connectivity index is 0.000000434. The van der Waals surface area contributed by atoms with Crippen LogP contribution >= 0.6 is 0 Å². The van der Waals surface area contributed by atoms with Crippen LogP contribution in [0.3, 0.4) is 0 Å². The molecule has 0 saturated heterocycles. The molecule has 0 unspecified atom stereocenters. The minimum absolute atomic E-state index is 0.131. The van der Waals surface area contributed by atoms with Crippen molar-refractivity contribution in [2.24, 2.45) is 0 Å². The van der Waals surface area contributed by atoms with E-state index in [-0.39, 0.29) is 55.6 Å². The number of carboxylic acids is 1. The molecule has 1 aliphatic heterocycles. The van der Waals surface area contributed by atoms with Crippen LogP contribution in [0.5, 0.6) is 0 Å². The van der Waals surface area contributed by atoms with Crippen LogP contribution < -0.4 is 21.3 Å². The second kappa shape index (κ2) is 18.7. The molecule has 13 nitrogen and oxygen atoms in total. The summed E-state index contributed by atoms with van der Waals surface area (Å²) in [5.74, 6) is -2.89. The fourth-order valence-electron chi connectivity index (χ4n) is 3.15. The van der Waals surface area contributed by atoms with Crippen LogP contribution in [0.2, 0.25) is 0 Å². The van der Waals surface area contributed by atoms with Gasteiger partial charge in [-0.25, -0.2) is 0 Å². The molecule has 0 atom stereocenters. The monoisotopic (exact) mass is 545 g/mol. The van der Waals surface area contributed by atoms with E-state index >= 15 is 0 Å². The van der Waals surface area contributed by atoms with Gasteiger partial charge in [0.1, 0.15) is 6.54 Å². The maximum Gasteiger partial charge on any atom is 0.322 e. The molecule has 1 heterocycles. The average Bonchev–Trinajstić information content (AvgIpc) is 3.25. The molecule has 0 aromatic heterocycles. The van der Waals surface area contributed by atoms with Gasteiger partial charge in [-0.3, -0.25) is 38.5 Å². The van der Waals surface area contributed by atoms with Crippen molar-refractivity contribution in [3.8, 4) is 0 Å². The normalized spacial score (nSPS) is 11.8. The SMILES string of the molecule is CNC(=O)CNC(=O)CNC(=O)CCCCCN1C(=O)C=CC1=O.O=C(O)CNC(=O)CCc1ccccc1. The van der Waals surface area contributed by atoms with E-state index in [1.165, 1.54) is 19.2 Å². The largest absolute Gasteiger partial charge is 0.480 e. The molecule has 5 N–H and O–H groups in total. The Hall–Kier alpha value is -4.55. The highest BCUT2D eigenvalue weighted by molar-refractivity contribution is 6.12.